The van der Waals surface area contributed by atoms with E-state index in [1.165, 1.54) is 5.56 Å². The van der Waals surface area contributed by atoms with Crippen molar-refractivity contribution in [2.45, 2.75) is 33.6 Å². The van der Waals surface area contributed by atoms with Crippen molar-refractivity contribution in [1.29, 1.82) is 0 Å². The summed E-state index contributed by atoms with van der Waals surface area (Å²) >= 11 is 0. The van der Waals surface area contributed by atoms with Crippen LogP contribution in [0.4, 0.5) is 0 Å². The molecule has 0 unspecified atom stereocenters. The quantitative estimate of drug-likeness (QED) is 0.880. The van der Waals surface area contributed by atoms with Crippen molar-refractivity contribution in [1.82, 2.24) is 9.78 Å². The summed E-state index contributed by atoms with van der Waals surface area (Å²) in [5.41, 5.74) is 4.04. The average molecular weight is 230 g/mol. The number of benzene rings is 1. The molecular weight excluding hydrogens is 212 g/mol. The topological polar surface area (TPSA) is 38.0 Å². The number of nitrogens with zero attached hydrogens (tertiary/aromatic N) is 2. The van der Waals surface area contributed by atoms with Crippen molar-refractivity contribution < 1.29 is 5.11 Å². The molecule has 0 amide bonds. The largest absolute Gasteiger partial charge is 0.493 e. The number of aromatic nitrogens is 2. The first-order valence-corrected chi connectivity index (χ1v) is 6.04. The highest BCUT2D eigenvalue weighted by atomic mass is 16.3. The third-order valence-corrected chi connectivity index (χ3v) is 3.01. The van der Waals surface area contributed by atoms with E-state index in [0.717, 1.165) is 29.8 Å². The van der Waals surface area contributed by atoms with Crippen LogP contribution >= 0.6 is 0 Å². The Morgan fingerprint density at radius 1 is 1.12 bits per heavy atom. The summed E-state index contributed by atoms with van der Waals surface area (Å²) in [5, 5.41) is 14.6. The van der Waals surface area contributed by atoms with Gasteiger partial charge in [-0.2, -0.15) is 5.10 Å². The van der Waals surface area contributed by atoms with Crippen LogP contribution in [0.25, 0.3) is 5.69 Å². The molecule has 0 aliphatic heterocycles. The van der Waals surface area contributed by atoms with E-state index < -0.39 is 0 Å². The fraction of sp³-hybridized carbons (Fsp3) is 0.357. The molecule has 0 saturated heterocycles. The molecule has 1 heterocycles. The fourth-order valence-corrected chi connectivity index (χ4v) is 2.00. The number of aryl methyl sites for hydroxylation is 2. The summed E-state index contributed by atoms with van der Waals surface area (Å²) in [4.78, 5) is 0. The van der Waals surface area contributed by atoms with Crippen molar-refractivity contribution in [3.63, 3.8) is 0 Å². The first-order chi connectivity index (χ1) is 8.17. The Labute approximate surface area is 102 Å². The molecule has 1 aromatic heterocycles. The maximum absolute atomic E-state index is 10.2. The Balaban J connectivity index is 2.52. The van der Waals surface area contributed by atoms with Crippen molar-refractivity contribution in [2.24, 2.45) is 0 Å². The van der Waals surface area contributed by atoms with E-state index in [9.17, 15) is 5.11 Å². The molecule has 1 N–H and O–H groups in total. The van der Waals surface area contributed by atoms with Crippen LogP contribution in [0.5, 0.6) is 5.88 Å². The lowest BCUT2D eigenvalue weighted by Gasteiger charge is -2.03. The van der Waals surface area contributed by atoms with Gasteiger partial charge >= 0.3 is 0 Å². The monoisotopic (exact) mass is 230 g/mol. The lowest BCUT2D eigenvalue weighted by Crippen LogP contribution is -1.96. The Hall–Kier alpha value is -1.77. The molecule has 0 radical (unpaired) electrons. The summed E-state index contributed by atoms with van der Waals surface area (Å²) < 4.78 is 1.62. The molecule has 0 fully saturated rings. The Morgan fingerprint density at radius 2 is 1.76 bits per heavy atom. The van der Waals surface area contributed by atoms with Gasteiger partial charge in [-0.05, 0) is 31.9 Å². The summed E-state index contributed by atoms with van der Waals surface area (Å²) in [7, 11) is 0. The molecule has 0 spiro atoms. The minimum Gasteiger partial charge on any atom is -0.493 e. The van der Waals surface area contributed by atoms with Gasteiger partial charge < -0.3 is 5.11 Å². The van der Waals surface area contributed by atoms with Crippen LogP contribution in [0.15, 0.2) is 24.3 Å². The third kappa shape index (κ3) is 2.05. The Kier molecular flexibility index (Phi) is 3.18. The van der Waals surface area contributed by atoms with Crippen molar-refractivity contribution in [3.8, 4) is 11.6 Å². The SMILES string of the molecule is CCc1nn(-c2ccc(C)cc2)c(O)c1CC. The molecule has 17 heavy (non-hydrogen) atoms. The molecule has 0 atom stereocenters. The van der Waals surface area contributed by atoms with Crippen molar-refractivity contribution >= 4 is 0 Å². The van der Waals surface area contributed by atoms with Gasteiger partial charge in [0.15, 0.2) is 0 Å². The molecule has 0 bridgehead atoms. The van der Waals surface area contributed by atoms with Gasteiger partial charge in [0, 0.05) is 5.56 Å². The van der Waals surface area contributed by atoms with Crippen molar-refractivity contribution in [2.75, 3.05) is 0 Å². The van der Waals surface area contributed by atoms with E-state index in [4.69, 9.17) is 0 Å². The highest BCUT2D eigenvalue weighted by Gasteiger charge is 2.15. The van der Waals surface area contributed by atoms with Gasteiger partial charge in [0.05, 0.1) is 11.4 Å². The fourth-order valence-electron chi connectivity index (χ4n) is 2.00. The zero-order chi connectivity index (χ0) is 12.4. The van der Waals surface area contributed by atoms with Gasteiger partial charge in [0.2, 0.25) is 5.88 Å². The number of hydrogen-bond acceptors (Lipinski definition) is 2. The van der Waals surface area contributed by atoms with Crippen LogP contribution in [0.3, 0.4) is 0 Å². The van der Waals surface area contributed by atoms with E-state index in [1.807, 2.05) is 38.1 Å². The molecule has 2 rings (SSSR count). The van der Waals surface area contributed by atoms with Crippen LogP contribution in [0.1, 0.15) is 30.7 Å². The van der Waals surface area contributed by atoms with Crippen LogP contribution < -0.4 is 0 Å². The molecule has 0 saturated carbocycles. The Bertz CT molecular complexity index is 512. The van der Waals surface area contributed by atoms with Gasteiger partial charge in [-0.25, -0.2) is 4.68 Å². The van der Waals surface area contributed by atoms with Gasteiger partial charge in [-0.1, -0.05) is 31.5 Å². The van der Waals surface area contributed by atoms with Crippen LogP contribution in [0.2, 0.25) is 0 Å². The summed E-state index contributed by atoms with van der Waals surface area (Å²) in [6.07, 6.45) is 1.65. The van der Waals surface area contributed by atoms with Gasteiger partial charge in [0.25, 0.3) is 0 Å². The van der Waals surface area contributed by atoms with Crippen LogP contribution in [-0.4, -0.2) is 14.9 Å². The van der Waals surface area contributed by atoms with Crippen molar-refractivity contribution in [3.05, 3.63) is 41.1 Å². The minimum absolute atomic E-state index is 0.271. The van der Waals surface area contributed by atoms with Gasteiger partial charge in [-0.15, -0.1) is 0 Å². The maximum Gasteiger partial charge on any atom is 0.217 e. The van der Waals surface area contributed by atoms with E-state index in [2.05, 4.69) is 12.0 Å². The molecule has 1 aromatic carbocycles. The number of aromatic hydroxyl groups is 1. The molecule has 2 aromatic rings. The standard InChI is InChI=1S/C14H18N2O/c1-4-12-13(5-2)15-16(14(12)17)11-8-6-10(3)7-9-11/h6-9,17H,4-5H2,1-3H3. The van der Waals surface area contributed by atoms with Crippen LogP contribution in [0, 0.1) is 6.92 Å². The zero-order valence-electron chi connectivity index (χ0n) is 10.6. The number of hydrogen-bond donors (Lipinski definition) is 1. The summed E-state index contributed by atoms with van der Waals surface area (Å²) in [5.74, 6) is 0.271. The lowest BCUT2D eigenvalue weighted by atomic mass is 10.1. The molecule has 3 heteroatoms. The first-order valence-electron chi connectivity index (χ1n) is 6.04. The first kappa shape index (κ1) is 11.7. The second-order valence-electron chi connectivity index (χ2n) is 4.20. The predicted molar refractivity (Wildman–Crippen MR) is 68.7 cm³/mol. The summed E-state index contributed by atoms with van der Waals surface area (Å²) in [6, 6.07) is 7.99. The zero-order valence-corrected chi connectivity index (χ0v) is 10.6. The van der Waals surface area contributed by atoms with E-state index in [1.54, 1.807) is 4.68 Å². The second-order valence-corrected chi connectivity index (χ2v) is 4.20. The normalized spacial score (nSPS) is 10.8. The smallest absolute Gasteiger partial charge is 0.217 e. The van der Waals surface area contributed by atoms with Crippen LogP contribution in [-0.2, 0) is 12.8 Å². The average Bonchev–Trinajstić information content (AvgIpc) is 2.66. The highest BCUT2D eigenvalue weighted by Crippen LogP contribution is 2.25. The van der Waals surface area contributed by atoms with E-state index >= 15 is 0 Å². The number of rotatable bonds is 3. The minimum atomic E-state index is 0.271. The molecule has 90 valence electrons. The van der Waals surface area contributed by atoms with Gasteiger partial charge in [-0.3, -0.25) is 0 Å². The molecule has 0 aliphatic rings. The second kappa shape index (κ2) is 4.62. The lowest BCUT2D eigenvalue weighted by molar-refractivity contribution is 0.428. The van der Waals surface area contributed by atoms with E-state index in [-0.39, 0.29) is 5.88 Å². The van der Waals surface area contributed by atoms with Gasteiger partial charge in [0.1, 0.15) is 0 Å². The highest BCUT2D eigenvalue weighted by molar-refractivity contribution is 5.41. The molecule has 3 nitrogen and oxygen atoms in total. The summed E-state index contributed by atoms with van der Waals surface area (Å²) in [6.45, 7) is 6.14. The Morgan fingerprint density at radius 3 is 2.24 bits per heavy atom. The predicted octanol–water partition coefficient (Wildman–Crippen LogP) is 3.01. The maximum atomic E-state index is 10.2. The molecular formula is C14H18N2O. The van der Waals surface area contributed by atoms with E-state index in [0.29, 0.717) is 0 Å². The third-order valence-electron chi connectivity index (χ3n) is 3.01. The molecule has 0 aliphatic carbocycles.